The smallest absolute Gasteiger partial charge is 0.349 e. The van der Waals surface area contributed by atoms with Crippen LogP contribution in [-0.4, -0.2) is 28.9 Å². The first kappa shape index (κ1) is 19.7. The highest BCUT2D eigenvalue weighted by molar-refractivity contribution is 5.95. The second-order valence-electron chi connectivity index (χ2n) is 6.67. The normalized spacial score (nSPS) is 19.2. The molecule has 0 unspecified atom stereocenters. The summed E-state index contributed by atoms with van der Waals surface area (Å²) in [7, 11) is 0. The van der Waals surface area contributed by atoms with Crippen molar-refractivity contribution < 1.29 is 22.8 Å². The number of hydrogen-bond donors (Lipinski definition) is 3. The van der Waals surface area contributed by atoms with Crippen LogP contribution >= 0.6 is 0 Å². The quantitative estimate of drug-likeness (QED) is 0.745. The van der Waals surface area contributed by atoms with E-state index in [0.717, 1.165) is 12.1 Å². The van der Waals surface area contributed by atoms with Gasteiger partial charge in [-0.25, -0.2) is 0 Å². The molecule has 28 heavy (non-hydrogen) atoms. The fourth-order valence-corrected chi connectivity index (χ4v) is 3.17. The minimum Gasteiger partial charge on any atom is -0.349 e. The van der Waals surface area contributed by atoms with E-state index in [1.165, 1.54) is 30.5 Å². The molecule has 2 aromatic rings. The molecule has 1 aromatic heterocycles. The van der Waals surface area contributed by atoms with Crippen LogP contribution in [0.3, 0.4) is 0 Å². The van der Waals surface area contributed by atoms with E-state index in [9.17, 15) is 27.6 Å². The molecule has 1 saturated carbocycles. The summed E-state index contributed by atoms with van der Waals surface area (Å²) in [5, 5.41) is 5.54. The largest absolute Gasteiger partial charge is 0.416 e. The summed E-state index contributed by atoms with van der Waals surface area (Å²) in [5.41, 5.74) is -0.931. The van der Waals surface area contributed by atoms with Gasteiger partial charge in [0.05, 0.1) is 11.1 Å². The van der Waals surface area contributed by atoms with Crippen LogP contribution in [0.25, 0.3) is 0 Å². The van der Waals surface area contributed by atoms with Gasteiger partial charge in [-0.1, -0.05) is 6.07 Å². The molecule has 0 aliphatic heterocycles. The second kappa shape index (κ2) is 7.87. The number of halogens is 3. The zero-order valence-electron chi connectivity index (χ0n) is 14.7. The number of pyridine rings is 1. The van der Waals surface area contributed by atoms with Gasteiger partial charge in [0.1, 0.15) is 0 Å². The molecule has 2 amide bonds. The van der Waals surface area contributed by atoms with Crippen LogP contribution in [0.2, 0.25) is 0 Å². The maximum absolute atomic E-state index is 12.8. The topological polar surface area (TPSA) is 91.1 Å². The van der Waals surface area contributed by atoms with Crippen LogP contribution in [0, 0.1) is 0 Å². The molecule has 3 N–H and O–H groups in total. The molecule has 9 heteroatoms. The van der Waals surface area contributed by atoms with Gasteiger partial charge in [-0.15, -0.1) is 0 Å². The van der Waals surface area contributed by atoms with Crippen LogP contribution in [0.1, 0.15) is 45.5 Å². The number of aromatic nitrogens is 1. The molecule has 1 fully saturated rings. The van der Waals surface area contributed by atoms with Crippen LogP contribution < -0.4 is 16.2 Å². The molecule has 1 aromatic carbocycles. The predicted octanol–water partition coefficient (Wildman–Crippen LogP) is 2.47. The third kappa shape index (κ3) is 4.79. The fraction of sp³-hybridized carbons (Fsp3) is 0.316. The van der Waals surface area contributed by atoms with E-state index in [1.54, 1.807) is 0 Å². The van der Waals surface area contributed by atoms with E-state index in [1.807, 2.05) is 0 Å². The minimum absolute atomic E-state index is 0.0597. The summed E-state index contributed by atoms with van der Waals surface area (Å²) in [6.07, 6.45) is -1.50. The van der Waals surface area contributed by atoms with Crippen molar-refractivity contribution in [2.24, 2.45) is 0 Å². The summed E-state index contributed by atoms with van der Waals surface area (Å²) in [6.45, 7) is 0. The van der Waals surface area contributed by atoms with Crippen molar-refractivity contribution >= 4 is 11.8 Å². The third-order valence-corrected chi connectivity index (χ3v) is 4.60. The van der Waals surface area contributed by atoms with Crippen molar-refractivity contribution in [2.75, 3.05) is 0 Å². The number of hydrogen-bond acceptors (Lipinski definition) is 3. The van der Waals surface area contributed by atoms with Crippen LogP contribution in [0.4, 0.5) is 13.2 Å². The van der Waals surface area contributed by atoms with E-state index in [-0.39, 0.29) is 29.1 Å². The highest BCUT2D eigenvalue weighted by Gasteiger charge is 2.32. The minimum atomic E-state index is -4.51. The summed E-state index contributed by atoms with van der Waals surface area (Å²) < 4.78 is 38.3. The number of H-pyrrole nitrogens is 1. The molecule has 0 radical (unpaired) electrons. The summed E-state index contributed by atoms with van der Waals surface area (Å²) in [6, 6.07) is 6.50. The maximum Gasteiger partial charge on any atom is 0.416 e. The lowest BCUT2D eigenvalue weighted by atomic mass is 10.1. The SMILES string of the molecule is O=C(N[C@@H]1CC[C@H](NC(=O)c2ccc(=O)[nH]c2)C1)c1cccc(C(F)(F)F)c1. The van der Waals surface area contributed by atoms with Gasteiger partial charge in [0, 0.05) is 29.9 Å². The first-order valence-electron chi connectivity index (χ1n) is 8.70. The number of benzene rings is 1. The van der Waals surface area contributed by atoms with Gasteiger partial charge < -0.3 is 15.6 Å². The Kier molecular flexibility index (Phi) is 5.53. The van der Waals surface area contributed by atoms with Crippen LogP contribution in [0.5, 0.6) is 0 Å². The average Bonchev–Trinajstić information content (AvgIpc) is 3.08. The zero-order valence-corrected chi connectivity index (χ0v) is 14.7. The first-order valence-corrected chi connectivity index (χ1v) is 8.70. The van der Waals surface area contributed by atoms with E-state index in [0.29, 0.717) is 24.8 Å². The molecule has 1 heterocycles. The van der Waals surface area contributed by atoms with Crippen molar-refractivity contribution in [1.82, 2.24) is 15.6 Å². The molecule has 1 aliphatic carbocycles. The highest BCUT2D eigenvalue weighted by atomic mass is 19.4. The van der Waals surface area contributed by atoms with Crippen molar-refractivity contribution in [3.63, 3.8) is 0 Å². The van der Waals surface area contributed by atoms with Crippen molar-refractivity contribution in [1.29, 1.82) is 0 Å². The van der Waals surface area contributed by atoms with Gasteiger partial charge >= 0.3 is 6.18 Å². The number of amides is 2. The Morgan fingerprint density at radius 2 is 1.61 bits per heavy atom. The number of alkyl halides is 3. The standard InChI is InChI=1S/C19H18F3N3O3/c20-19(21,22)13-3-1-2-11(8-13)17(27)24-14-5-6-15(9-14)25-18(28)12-4-7-16(26)23-10-12/h1-4,7-8,10,14-15H,5-6,9H2,(H,23,26)(H,24,27)(H,25,28)/t14-,15+/m1/s1. The summed E-state index contributed by atoms with van der Waals surface area (Å²) in [5.74, 6) is -0.921. The Bertz CT molecular complexity index is 919. The van der Waals surface area contributed by atoms with Crippen LogP contribution in [-0.2, 0) is 6.18 Å². The molecule has 2 atom stereocenters. The number of carbonyl (C=O) groups excluding carboxylic acids is 2. The second-order valence-corrected chi connectivity index (χ2v) is 6.67. The Hall–Kier alpha value is -3.10. The van der Waals surface area contributed by atoms with Gasteiger partial charge in [-0.3, -0.25) is 14.4 Å². The molecular formula is C19H18F3N3O3. The highest BCUT2D eigenvalue weighted by Crippen LogP contribution is 2.29. The third-order valence-electron chi connectivity index (χ3n) is 4.60. The van der Waals surface area contributed by atoms with E-state index >= 15 is 0 Å². The lowest BCUT2D eigenvalue weighted by Crippen LogP contribution is -2.37. The molecule has 3 rings (SSSR count). The monoisotopic (exact) mass is 393 g/mol. The Morgan fingerprint density at radius 1 is 0.964 bits per heavy atom. The van der Waals surface area contributed by atoms with Crippen LogP contribution in [0.15, 0.2) is 47.4 Å². The fourth-order valence-electron chi connectivity index (χ4n) is 3.17. The van der Waals surface area contributed by atoms with Gasteiger partial charge in [-0.05, 0) is 43.5 Å². The van der Waals surface area contributed by atoms with Gasteiger partial charge in [0.15, 0.2) is 0 Å². The van der Waals surface area contributed by atoms with Crippen molar-refractivity contribution in [3.05, 3.63) is 69.6 Å². The summed E-state index contributed by atoms with van der Waals surface area (Å²) >= 11 is 0. The first-order chi connectivity index (χ1) is 13.2. The van der Waals surface area contributed by atoms with Gasteiger partial charge in [-0.2, -0.15) is 13.2 Å². The predicted molar refractivity (Wildman–Crippen MR) is 94.9 cm³/mol. The molecular weight excluding hydrogens is 375 g/mol. The molecule has 1 aliphatic rings. The zero-order chi connectivity index (χ0) is 20.3. The van der Waals surface area contributed by atoms with Gasteiger partial charge in [0.2, 0.25) is 5.56 Å². The maximum atomic E-state index is 12.8. The number of rotatable bonds is 4. The number of carbonyl (C=O) groups is 2. The number of aromatic amines is 1. The molecule has 0 spiro atoms. The Labute approximate surface area is 158 Å². The van der Waals surface area contributed by atoms with E-state index in [2.05, 4.69) is 15.6 Å². The number of nitrogens with one attached hydrogen (secondary N) is 3. The van der Waals surface area contributed by atoms with E-state index in [4.69, 9.17) is 0 Å². The van der Waals surface area contributed by atoms with E-state index < -0.39 is 17.6 Å². The van der Waals surface area contributed by atoms with Crippen molar-refractivity contribution in [2.45, 2.75) is 37.5 Å². The lowest BCUT2D eigenvalue weighted by molar-refractivity contribution is -0.137. The molecule has 0 bridgehead atoms. The Balaban J connectivity index is 1.56. The molecule has 0 saturated heterocycles. The summed E-state index contributed by atoms with van der Waals surface area (Å²) in [4.78, 5) is 37.9. The van der Waals surface area contributed by atoms with Crippen molar-refractivity contribution in [3.8, 4) is 0 Å². The molecule has 6 nitrogen and oxygen atoms in total. The molecule has 148 valence electrons. The lowest BCUT2D eigenvalue weighted by Gasteiger charge is -2.15. The van der Waals surface area contributed by atoms with Gasteiger partial charge in [0.25, 0.3) is 11.8 Å². The average molecular weight is 393 g/mol. The Morgan fingerprint density at radius 3 is 2.18 bits per heavy atom.